The van der Waals surface area contributed by atoms with Crippen molar-refractivity contribution in [1.82, 2.24) is 5.43 Å². The van der Waals surface area contributed by atoms with E-state index in [0.717, 1.165) is 24.4 Å². The molecular weight excluding hydrogens is 424 g/mol. The number of hydrazone groups is 1. The molecular formula is C21H15ClN4O5. The molecule has 0 saturated heterocycles. The highest BCUT2D eigenvalue weighted by molar-refractivity contribution is 6.34. The molecule has 31 heavy (non-hydrogen) atoms. The zero-order chi connectivity index (χ0) is 22.4. The van der Waals surface area contributed by atoms with Crippen LogP contribution in [-0.4, -0.2) is 28.1 Å². The number of nitro groups is 1. The minimum absolute atomic E-state index is 0.0760. The summed E-state index contributed by atoms with van der Waals surface area (Å²) >= 11 is 6.00. The van der Waals surface area contributed by atoms with Crippen LogP contribution in [0.3, 0.4) is 0 Å². The number of anilines is 1. The zero-order valence-corrected chi connectivity index (χ0v) is 16.5. The van der Waals surface area contributed by atoms with Crippen molar-refractivity contribution in [3.05, 3.63) is 98.6 Å². The van der Waals surface area contributed by atoms with Crippen molar-refractivity contribution < 1.29 is 19.6 Å². The van der Waals surface area contributed by atoms with E-state index < -0.39 is 10.8 Å². The molecule has 0 aliphatic heterocycles. The molecule has 0 heterocycles. The molecule has 0 aliphatic carbocycles. The lowest BCUT2D eigenvalue weighted by Crippen LogP contribution is -2.18. The van der Waals surface area contributed by atoms with Crippen LogP contribution in [0.2, 0.25) is 5.02 Å². The van der Waals surface area contributed by atoms with Gasteiger partial charge in [0.25, 0.3) is 17.5 Å². The number of hydrogen-bond donors (Lipinski definition) is 3. The number of nitrogens with zero attached hydrogens (tertiary/aromatic N) is 2. The average molecular weight is 439 g/mol. The van der Waals surface area contributed by atoms with Crippen LogP contribution in [0.25, 0.3) is 0 Å². The van der Waals surface area contributed by atoms with Gasteiger partial charge in [0.15, 0.2) is 0 Å². The summed E-state index contributed by atoms with van der Waals surface area (Å²) in [5.41, 5.74) is 3.16. The van der Waals surface area contributed by atoms with Crippen LogP contribution in [-0.2, 0) is 0 Å². The van der Waals surface area contributed by atoms with Gasteiger partial charge < -0.3 is 10.4 Å². The number of benzene rings is 3. The number of carbonyl (C=O) groups excluding carboxylic acids is 2. The molecule has 0 aromatic heterocycles. The number of phenolic OH excluding ortho intramolecular Hbond substituents is 1. The summed E-state index contributed by atoms with van der Waals surface area (Å²) in [7, 11) is 0. The maximum atomic E-state index is 12.3. The summed E-state index contributed by atoms with van der Waals surface area (Å²) in [6.07, 6.45) is 1.10. The molecule has 3 N–H and O–H groups in total. The molecule has 3 aromatic carbocycles. The summed E-state index contributed by atoms with van der Waals surface area (Å²) in [6.45, 7) is 0. The van der Waals surface area contributed by atoms with Crippen molar-refractivity contribution in [2.45, 2.75) is 0 Å². The Bertz CT molecular complexity index is 1180. The highest BCUT2D eigenvalue weighted by Crippen LogP contribution is 2.21. The number of non-ortho nitro benzene ring substituents is 1. The van der Waals surface area contributed by atoms with Gasteiger partial charge in [0, 0.05) is 28.9 Å². The molecule has 2 amide bonds. The molecule has 0 atom stereocenters. The number of aromatic hydroxyl groups is 1. The number of nitrogens with one attached hydrogen (secondary N) is 2. The van der Waals surface area contributed by atoms with Gasteiger partial charge in [0.1, 0.15) is 5.75 Å². The Balaban J connectivity index is 1.62. The van der Waals surface area contributed by atoms with Gasteiger partial charge in [-0.2, -0.15) is 5.10 Å². The molecule has 0 fully saturated rings. The molecule has 9 nitrogen and oxygen atoms in total. The molecule has 0 aliphatic rings. The fourth-order valence-electron chi connectivity index (χ4n) is 2.53. The molecule has 0 bridgehead atoms. The maximum Gasteiger partial charge on any atom is 0.271 e. The van der Waals surface area contributed by atoms with E-state index in [4.69, 9.17) is 11.6 Å². The fourth-order valence-corrected chi connectivity index (χ4v) is 2.75. The number of nitro benzene ring substituents is 1. The van der Waals surface area contributed by atoms with Gasteiger partial charge in [0.05, 0.1) is 21.7 Å². The summed E-state index contributed by atoms with van der Waals surface area (Å²) in [6, 6.07) is 16.1. The highest BCUT2D eigenvalue weighted by atomic mass is 35.5. The summed E-state index contributed by atoms with van der Waals surface area (Å²) < 4.78 is 0. The first-order valence-electron chi connectivity index (χ1n) is 8.82. The van der Waals surface area contributed by atoms with Gasteiger partial charge in [-0.1, -0.05) is 23.7 Å². The largest absolute Gasteiger partial charge is 0.507 e. The molecule has 10 heteroatoms. The summed E-state index contributed by atoms with van der Waals surface area (Å²) in [4.78, 5) is 34.7. The van der Waals surface area contributed by atoms with E-state index in [1.54, 1.807) is 36.4 Å². The molecule has 0 radical (unpaired) electrons. The third kappa shape index (κ3) is 5.43. The number of phenols is 1. The van der Waals surface area contributed by atoms with E-state index in [1.807, 2.05) is 0 Å². The third-order valence-corrected chi connectivity index (χ3v) is 4.44. The summed E-state index contributed by atoms with van der Waals surface area (Å²) in [5.74, 6) is -1.16. The molecule has 0 unspecified atom stereocenters. The van der Waals surface area contributed by atoms with Crippen molar-refractivity contribution in [1.29, 1.82) is 0 Å². The predicted octanol–water partition coefficient (Wildman–Crippen LogP) is 3.97. The first-order chi connectivity index (χ1) is 14.8. The van der Waals surface area contributed by atoms with Gasteiger partial charge in [-0.15, -0.1) is 0 Å². The lowest BCUT2D eigenvalue weighted by Gasteiger charge is -2.07. The van der Waals surface area contributed by atoms with Crippen molar-refractivity contribution in [3.63, 3.8) is 0 Å². The van der Waals surface area contributed by atoms with E-state index in [2.05, 4.69) is 15.8 Å². The highest BCUT2D eigenvalue weighted by Gasteiger charge is 2.11. The Hall–Kier alpha value is -4.24. The van der Waals surface area contributed by atoms with E-state index in [0.29, 0.717) is 16.3 Å². The smallest absolute Gasteiger partial charge is 0.271 e. The Morgan fingerprint density at radius 2 is 1.74 bits per heavy atom. The normalized spacial score (nSPS) is 10.6. The Morgan fingerprint density at radius 3 is 2.42 bits per heavy atom. The van der Waals surface area contributed by atoms with Crippen molar-refractivity contribution in [2.75, 3.05) is 5.32 Å². The average Bonchev–Trinajstić information content (AvgIpc) is 2.75. The van der Waals surface area contributed by atoms with Crippen molar-refractivity contribution in [2.24, 2.45) is 5.10 Å². The minimum Gasteiger partial charge on any atom is -0.507 e. The van der Waals surface area contributed by atoms with Gasteiger partial charge in [-0.3, -0.25) is 19.7 Å². The number of halogens is 1. The number of amides is 2. The lowest BCUT2D eigenvalue weighted by molar-refractivity contribution is -0.384. The second-order valence-electron chi connectivity index (χ2n) is 6.21. The standard InChI is InChI=1S/C21H15ClN4O5/c22-18-4-2-1-3-17(18)21(29)24-15-7-5-13(6-8-15)20(28)25-23-12-14-11-16(26(30)31)9-10-19(14)27/h1-12,27H,(H,24,29)(H,25,28)/b23-12-. The van der Waals surface area contributed by atoms with Crippen LogP contribution in [0.15, 0.2) is 71.8 Å². The van der Waals surface area contributed by atoms with Crippen molar-refractivity contribution in [3.8, 4) is 5.75 Å². The SMILES string of the molecule is O=C(N/N=C\c1cc([N+](=O)[O-])ccc1O)c1ccc(NC(=O)c2ccccc2Cl)cc1. The Kier molecular flexibility index (Phi) is 6.58. The van der Waals surface area contributed by atoms with Crippen molar-refractivity contribution >= 4 is 41.0 Å². The molecule has 3 aromatic rings. The van der Waals surface area contributed by atoms with E-state index in [-0.39, 0.29) is 28.5 Å². The second kappa shape index (κ2) is 9.51. The maximum absolute atomic E-state index is 12.3. The van der Waals surface area contributed by atoms with Crippen LogP contribution in [0.4, 0.5) is 11.4 Å². The van der Waals surface area contributed by atoms with Crippen LogP contribution in [0, 0.1) is 10.1 Å². The first kappa shape index (κ1) is 21.5. The molecule has 0 spiro atoms. The van der Waals surface area contributed by atoms with Gasteiger partial charge in [-0.25, -0.2) is 5.43 Å². The van der Waals surface area contributed by atoms with Gasteiger partial charge >= 0.3 is 0 Å². The summed E-state index contributed by atoms with van der Waals surface area (Å²) in [5, 5.41) is 27.2. The number of carbonyl (C=O) groups is 2. The molecule has 156 valence electrons. The molecule has 3 rings (SSSR count). The first-order valence-corrected chi connectivity index (χ1v) is 9.19. The van der Waals surface area contributed by atoms with E-state index >= 15 is 0 Å². The topological polar surface area (TPSA) is 134 Å². The van der Waals surface area contributed by atoms with Crippen LogP contribution in [0.5, 0.6) is 5.75 Å². The third-order valence-electron chi connectivity index (χ3n) is 4.12. The minimum atomic E-state index is -0.610. The second-order valence-corrected chi connectivity index (χ2v) is 6.62. The molecule has 0 saturated carbocycles. The van der Waals surface area contributed by atoms with Crippen LogP contribution >= 0.6 is 11.6 Å². The quantitative estimate of drug-likeness (QED) is 0.304. The number of hydrogen-bond acceptors (Lipinski definition) is 6. The zero-order valence-electron chi connectivity index (χ0n) is 15.8. The van der Waals surface area contributed by atoms with Crippen LogP contribution in [0.1, 0.15) is 26.3 Å². The van der Waals surface area contributed by atoms with E-state index in [1.165, 1.54) is 12.1 Å². The predicted molar refractivity (Wildman–Crippen MR) is 116 cm³/mol. The Morgan fingerprint density at radius 1 is 1.03 bits per heavy atom. The lowest BCUT2D eigenvalue weighted by atomic mass is 10.1. The van der Waals surface area contributed by atoms with E-state index in [9.17, 15) is 24.8 Å². The van der Waals surface area contributed by atoms with Crippen LogP contribution < -0.4 is 10.7 Å². The fraction of sp³-hybridized carbons (Fsp3) is 0. The van der Waals surface area contributed by atoms with Gasteiger partial charge in [0.2, 0.25) is 0 Å². The Labute approximate surface area is 181 Å². The monoisotopic (exact) mass is 438 g/mol. The van der Waals surface area contributed by atoms with Gasteiger partial charge in [-0.05, 0) is 42.5 Å². The number of rotatable bonds is 6.